The molecule has 8 heteroatoms. The molecule has 1 amide bonds. The van der Waals surface area contributed by atoms with Gasteiger partial charge in [0, 0.05) is 6.54 Å². The Balaban J connectivity index is 2.72. The predicted molar refractivity (Wildman–Crippen MR) is 40.2 cm³/mol. The molecule has 2 N–H and O–H groups in total. The molecule has 1 aliphatic rings. The molecule has 88 valence electrons. The Hall–Kier alpha value is -0.920. The minimum atomic E-state index is -5.11. The second-order valence-electron chi connectivity index (χ2n) is 3.38. The summed E-state index contributed by atoms with van der Waals surface area (Å²) in [5.41, 5.74) is 5.01. The first-order valence-electron chi connectivity index (χ1n) is 4.14. The maximum Gasteiger partial charge on any atom is 0.471 e. The summed E-state index contributed by atoms with van der Waals surface area (Å²) in [6.07, 6.45) is -5.45. The van der Waals surface area contributed by atoms with Gasteiger partial charge in [-0.3, -0.25) is 4.79 Å². The molecule has 1 rings (SSSR count). The van der Waals surface area contributed by atoms with Gasteiger partial charge in [0.05, 0.1) is 12.6 Å². The fraction of sp³-hybridized carbons (Fsp3) is 0.857. The van der Waals surface area contributed by atoms with E-state index in [0.29, 0.717) is 0 Å². The van der Waals surface area contributed by atoms with Gasteiger partial charge in [-0.1, -0.05) is 0 Å². The lowest BCUT2D eigenvalue weighted by atomic mass is 10.0. The number of carbonyl (C=O) groups excluding carboxylic acids is 1. The van der Waals surface area contributed by atoms with Gasteiger partial charge in [0.25, 0.3) is 5.92 Å². The van der Waals surface area contributed by atoms with E-state index >= 15 is 0 Å². The summed E-state index contributed by atoms with van der Waals surface area (Å²) in [7, 11) is 0. The van der Waals surface area contributed by atoms with Crippen LogP contribution in [0.5, 0.6) is 0 Å². The number of halogens is 5. The Morgan fingerprint density at radius 2 is 1.93 bits per heavy atom. The summed E-state index contributed by atoms with van der Waals surface area (Å²) >= 11 is 0. The molecule has 0 aliphatic carbocycles. The van der Waals surface area contributed by atoms with Crippen molar-refractivity contribution in [2.24, 2.45) is 5.73 Å². The third-order valence-electron chi connectivity index (χ3n) is 2.18. The number of piperidine rings is 1. The standard InChI is InChI=1S/C7H9F5N2O/c8-6(9)3-14(2-1-4(6)13)5(15)7(10,11)12/h4H,1-3,13H2. The second kappa shape index (κ2) is 3.58. The van der Waals surface area contributed by atoms with E-state index in [1.807, 2.05) is 0 Å². The van der Waals surface area contributed by atoms with Crippen LogP contribution < -0.4 is 5.73 Å². The maximum atomic E-state index is 12.9. The van der Waals surface area contributed by atoms with Crippen LogP contribution in [-0.4, -0.2) is 42.0 Å². The molecule has 0 spiro atoms. The van der Waals surface area contributed by atoms with Gasteiger partial charge in [0.2, 0.25) is 0 Å². The Morgan fingerprint density at radius 1 is 1.40 bits per heavy atom. The molecule has 0 aromatic heterocycles. The van der Waals surface area contributed by atoms with Crippen LogP contribution in [0.25, 0.3) is 0 Å². The first-order chi connectivity index (χ1) is 6.64. The molecule has 1 aliphatic heterocycles. The van der Waals surface area contributed by atoms with Crippen LogP contribution in [0.4, 0.5) is 22.0 Å². The van der Waals surface area contributed by atoms with Crippen LogP contribution in [0.15, 0.2) is 0 Å². The van der Waals surface area contributed by atoms with E-state index in [2.05, 4.69) is 0 Å². The Kier molecular flexibility index (Phi) is 2.90. The number of likely N-dealkylation sites (tertiary alicyclic amines) is 1. The van der Waals surface area contributed by atoms with Crippen molar-refractivity contribution in [3.8, 4) is 0 Å². The van der Waals surface area contributed by atoms with E-state index < -0.39 is 37.1 Å². The SMILES string of the molecule is NC1CCN(C(=O)C(F)(F)F)CC1(F)F. The fourth-order valence-corrected chi connectivity index (χ4v) is 1.31. The highest BCUT2D eigenvalue weighted by Gasteiger charge is 2.50. The lowest BCUT2D eigenvalue weighted by molar-refractivity contribution is -0.193. The fourth-order valence-electron chi connectivity index (χ4n) is 1.31. The summed E-state index contributed by atoms with van der Waals surface area (Å²) in [5.74, 6) is -5.70. The van der Waals surface area contributed by atoms with Crippen LogP contribution in [0.2, 0.25) is 0 Å². The molecule has 15 heavy (non-hydrogen) atoms. The van der Waals surface area contributed by atoms with Gasteiger partial charge < -0.3 is 10.6 Å². The molecule has 1 fully saturated rings. The summed E-state index contributed by atoms with van der Waals surface area (Å²) < 4.78 is 61.6. The van der Waals surface area contributed by atoms with Crippen LogP contribution >= 0.6 is 0 Å². The lowest BCUT2D eigenvalue weighted by Gasteiger charge is -2.36. The van der Waals surface area contributed by atoms with Gasteiger partial charge >= 0.3 is 12.1 Å². The van der Waals surface area contributed by atoms with E-state index in [1.165, 1.54) is 0 Å². The normalized spacial score (nSPS) is 26.5. The molecule has 1 unspecified atom stereocenters. The second-order valence-corrected chi connectivity index (χ2v) is 3.38. The third-order valence-corrected chi connectivity index (χ3v) is 2.18. The number of carbonyl (C=O) groups is 1. The first-order valence-corrected chi connectivity index (χ1v) is 4.14. The number of hydrogen-bond donors (Lipinski definition) is 1. The molecule has 1 heterocycles. The third kappa shape index (κ3) is 2.55. The molecule has 0 radical (unpaired) electrons. The van der Waals surface area contributed by atoms with E-state index in [4.69, 9.17) is 5.73 Å². The highest BCUT2D eigenvalue weighted by Crippen LogP contribution is 2.28. The van der Waals surface area contributed by atoms with E-state index in [1.54, 1.807) is 0 Å². The average Bonchev–Trinajstić information content (AvgIpc) is 2.07. The maximum absolute atomic E-state index is 12.9. The van der Waals surface area contributed by atoms with Crippen molar-refractivity contribution >= 4 is 5.91 Å². The zero-order chi connectivity index (χ0) is 11.9. The molecular formula is C7H9F5N2O. The molecule has 3 nitrogen and oxygen atoms in total. The van der Waals surface area contributed by atoms with Crippen LogP contribution in [-0.2, 0) is 4.79 Å². The Bertz CT molecular complexity index is 265. The molecule has 0 bridgehead atoms. The van der Waals surface area contributed by atoms with Gasteiger partial charge in [-0.25, -0.2) is 8.78 Å². The van der Waals surface area contributed by atoms with Gasteiger partial charge in [0.15, 0.2) is 0 Å². The monoisotopic (exact) mass is 232 g/mol. The molecule has 1 saturated heterocycles. The van der Waals surface area contributed by atoms with Crippen LogP contribution in [0.3, 0.4) is 0 Å². The average molecular weight is 232 g/mol. The van der Waals surface area contributed by atoms with Crippen molar-refractivity contribution in [2.75, 3.05) is 13.1 Å². The van der Waals surface area contributed by atoms with E-state index in [0.717, 1.165) is 0 Å². The van der Waals surface area contributed by atoms with Crippen LogP contribution in [0, 0.1) is 0 Å². The smallest absolute Gasteiger partial charge is 0.329 e. The van der Waals surface area contributed by atoms with E-state index in [-0.39, 0.29) is 11.3 Å². The number of alkyl halides is 5. The molecular weight excluding hydrogens is 223 g/mol. The van der Waals surface area contributed by atoms with Crippen molar-refractivity contribution in [2.45, 2.75) is 24.6 Å². The lowest BCUT2D eigenvalue weighted by Crippen LogP contribution is -2.58. The molecule has 1 atom stereocenters. The Labute approximate surface area is 82.0 Å². The highest BCUT2D eigenvalue weighted by molar-refractivity contribution is 5.82. The van der Waals surface area contributed by atoms with Crippen molar-refractivity contribution in [3.05, 3.63) is 0 Å². The molecule has 0 aromatic carbocycles. The summed E-state index contributed by atoms with van der Waals surface area (Å²) in [6.45, 7) is -1.67. The van der Waals surface area contributed by atoms with Gasteiger partial charge in [-0.05, 0) is 6.42 Å². The first kappa shape index (κ1) is 12.2. The molecule has 0 saturated carbocycles. The zero-order valence-electron chi connectivity index (χ0n) is 7.52. The van der Waals surface area contributed by atoms with Gasteiger partial charge in [0.1, 0.15) is 0 Å². The van der Waals surface area contributed by atoms with Crippen molar-refractivity contribution in [1.82, 2.24) is 4.90 Å². The number of amides is 1. The van der Waals surface area contributed by atoms with Crippen molar-refractivity contribution in [3.63, 3.8) is 0 Å². The number of nitrogens with zero attached hydrogens (tertiary/aromatic N) is 1. The van der Waals surface area contributed by atoms with Gasteiger partial charge in [-0.2, -0.15) is 13.2 Å². The van der Waals surface area contributed by atoms with E-state index in [9.17, 15) is 26.7 Å². The van der Waals surface area contributed by atoms with Gasteiger partial charge in [-0.15, -0.1) is 0 Å². The van der Waals surface area contributed by atoms with Crippen molar-refractivity contribution in [1.29, 1.82) is 0 Å². The Morgan fingerprint density at radius 3 is 2.33 bits per heavy atom. The number of rotatable bonds is 0. The summed E-state index contributed by atoms with van der Waals surface area (Å²) in [6, 6.07) is -1.49. The highest BCUT2D eigenvalue weighted by atomic mass is 19.4. The molecule has 0 aromatic rings. The summed E-state index contributed by atoms with van der Waals surface area (Å²) in [4.78, 5) is 10.7. The largest absolute Gasteiger partial charge is 0.471 e. The topological polar surface area (TPSA) is 46.3 Å². The predicted octanol–water partition coefficient (Wildman–Crippen LogP) is 0.744. The number of nitrogens with two attached hydrogens (primary N) is 1. The number of hydrogen-bond acceptors (Lipinski definition) is 2. The van der Waals surface area contributed by atoms with Crippen LogP contribution in [0.1, 0.15) is 6.42 Å². The minimum Gasteiger partial charge on any atom is -0.329 e. The minimum absolute atomic E-state index is 0.0867. The zero-order valence-corrected chi connectivity index (χ0v) is 7.52. The van der Waals surface area contributed by atoms with Crippen molar-refractivity contribution < 1.29 is 26.7 Å². The quantitative estimate of drug-likeness (QED) is 0.626. The summed E-state index contributed by atoms with van der Waals surface area (Å²) in [5, 5.41) is 0.